The van der Waals surface area contributed by atoms with Crippen molar-refractivity contribution in [1.29, 1.82) is 0 Å². The average molecular weight is 345 g/mol. The van der Waals surface area contributed by atoms with Crippen molar-refractivity contribution >= 4 is 8.32 Å². The molecule has 1 aliphatic heterocycles. The summed E-state index contributed by atoms with van der Waals surface area (Å²) in [5.74, 6) is 0. The molecule has 0 aliphatic carbocycles. The molecule has 1 saturated heterocycles. The van der Waals surface area contributed by atoms with Crippen molar-refractivity contribution in [3.05, 3.63) is 0 Å². The van der Waals surface area contributed by atoms with Crippen LogP contribution in [0, 0.1) is 0 Å². The zero-order chi connectivity index (χ0) is 17.4. The molecule has 1 rings (SSSR count). The van der Waals surface area contributed by atoms with Crippen molar-refractivity contribution < 1.29 is 14.2 Å². The van der Waals surface area contributed by atoms with Crippen LogP contribution < -0.4 is 0 Å². The third kappa shape index (κ3) is 6.49. The lowest BCUT2D eigenvalue weighted by atomic mass is 9.81. The highest BCUT2D eigenvalue weighted by Crippen LogP contribution is 2.39. The van der Waals surface area contributed by atoms with Crippen LogP contribution >= 0.6 is 0 Å². The maximum Gasteiger partial charge on any atom is 0.238 e. The van der Waals surface area contributed by atoms with E-state index in [1.54, 1.807) is 0 Å². The molecule has 0 radical (unpaired) electrons. The Hall–Kier alpha value is 0.0969. The third-order valence-electron chi connectivity index (χ3n) is 5.74. The minimum Gasteiger partial charge on any atom is -0.375 e. The van der Waals surface area contributed by atoms with Gasteiger partial charge in [0.2, 0.25) is 8.32 Å². The molecule has 138 valence electrons. The van der Waals surface area contributed by atoms with Gasteiger partial charge in [0.25, 0.3) is 0 Å². The molecule has 23 heavy (non-hydrogen) atoms. The van der Waals surface area contributed by atoms with Gasteiger partial charge >= 0.3 is 0 Å². The van der Waals surface area contributed by atoms with Gasteiger partial charge in [-0.05, 0) is 44.8 Å². The smallest absolute Gasteiger partial charge is 0.238 e. The first kappa shape index (κ1) is 21.1. The molecule has 2 unspecified atom stereocenters. The molecule has 0 N–H and O–H groups in total. The molecule has 3 nitrogen and oxygen atoms in total. The largest absolute Gasteiger partial charge is 0.375 e. The molecule has 1 fully saturated rings. The minimum atomic E-state index is -1.71. The maximum absolute atomic E-state index is 6.20. The number of unbranched alkanes of at least 4 members (excludes halogenated alkanes) is 3. The van der Waals surface area contributed by atoms with Crippen LogP contribution in [0.3, 0.4) is 0 Å². The Bertz CT molecular complexity index is 318. The Kier molecular flexibility index (Phi) is 8.77. The molecule has 1 heterocycles. The maximum atomic E-state index is 6.20. The quantitative estimate of drug-likeness (QED) is 0.171. The Balaban J connectivity index is 2.65. The Morgan fingerprint density at radius 3 is 2.09 bits per heavy atom. The SMILES string of the molecule is CCCCCCC(C)(CC1(C)CCO1)OO[Si](CC)(CC)CC. The van der Waals surface area contributed by atoms with Gasteiger partial charge in [-0.15, -0.1) is 0 Å². The van der Waals surface area contributed by atoms with Gasteiger partial charge in [0, 0.05) is 6.42 Å². The molecule has 0 amide bonds. The highest BCUT2D eigenvalue weighted by Gasteiger charge is 2.43. The molecule has 0 saturated carbocycles. The van der Waals surface area contributed by atoms with Gasteiger partial charge in [-0.2, -0.15) is 0 Å². The van der Waals surface area contributed by atoms with E-state index in [1.807, 2.05) is 0 Å². The summed E-state index contributed by atoms with van der Waals surface area (Å²) in [6.07, 6.45) is 8.21. The minimum absolute atomic E-state index is 0.0161. The van der Waals surface area contributed by atoms with E-state index in [2.05, 4.69) is 41.5 Å². The Labute approximate surface area is 145 Å². The fourth-order valence-corrected chi connectivity index (χ4v) is 5.81. The second kappa shape index (κ2) is 9.55. The highest BCUT2D eigenvalue weighted by molar-refractivity contribution is 6.73. The monoisotopic (exact) mass is 344 g/mol. The Morgan fingerprint density at radius 1 is 1.04 bits per heavy atom. The van der Waals surface area contributed by atoms with Gasteiger partial charge < -0.3 is 4.74 Å². The fourth-order valence-electron chi connectivity index (χ4n) is 3.58. The zero-order valence-electron chi connectivity index (χ0n) is 16.5. The van der Waals surface area contributed by atoms with Crippen LogP contribution in [0.1, 0.15) is 86.5 Å². The lowest BCUT2D eigenvalue weighted by molar-refractivity contribution is -0.318. The zero-order valence-corrected chi connectivity index (χ0v) is 17.5. The summed E-state index contributed by atoms with van der Waals surface area (Å²) in [7, 11) is -1.71. The summed E-state index contributed by atoms with van der Waals surface area (Å²) >= 11 is 0. The van der Waals surface area contributed by atoms with Crippen molar-refractivity contribution in [3.8, 4) is 0 Å². The van der Waals surface area contributed by atoms with E-state index in [-0.39, 0.29) is 11.2 Å². The van der Waals surface area contributed by atoms with Crippen molar-refractivity contribution in [2.75, 3.05) is 6.61 Å². The average Bonchev–Trinajstić information content (AvgIpc) is 2.52. The first-order chi connectivity index (χ1) is 10.9. The van der Waals surface area contributed by atoms with Crippen molar-refractivity contribution in [2.45, 2.75) is 116 Å². The molecule has 1 aliphatic rings. The summed E-state index contributed by atoms with van der Waals surface area (Å²) < 4.78 is 12.0. The van der Waals surface area contributed by atoms with Crippen molar-refractivity contribution in [2.24, 2.45) is 0 Å². The molecule has 4 heteroatoms. The van der Waals surface area contributed by atoms with E-state index >= 15 is 0 Å². The van der Waals surface area contributed by atoms with Crippen LogP contribution in [0.2, 0.25) is 18.1 Å². The molecule has 0 bridgehead atoms. The van der Waals surface area contributed by atoms with Crippen LogP contribution in [-0.2, 0) is 14.2 Å². The summed E-state index contributed by atoms with van der Waals surface area (Å²) in [4.78, 5) is 6.20. The van der Waals surface area contributed by atoms with E-state index in [0.29, 0.717) is 0 Å². The van der Waals surface area contributed by atoms with E-state index in [0.717, 1.165) is 44.0 Å². The molecule has 0 aromatic rings. The van der Waals surface area contributed by atoms with Gasteiger partial charge in [-0.1, -0.05) is 53.4 Å². The summed E-state index contributed by atoms with van der Waals surface area (Å²) in [5.41, 5.74) is -0.238. The first-order valence-electron chi connectivity index (χ1n) is 9.87. The normalized spacial score (nSPS) is 24.3. The predicted molar refractivity (Wildman–Crippen MR) is 100 cm³/mol. The van der Waals surface area contributed by atoms with E-state index in [4.69, 9.17) is 14.2 Å². The van der Waals surface area contributed by atoms with Crippen LogP contribution in [0.25, 0.3) is 0 Å². The van der Waals surface area contributed by atoms with Crippen molar-refractivity contribution in [1.82, 2.24) is 0 Å². The fraction of sp³-hybridized carbons (Fsp3) is 1.00. The van der Waals surface area contributed by atoms with Crippen LogP contribution in [0.5, 0.6) is 0 Å². The third-order valence-corrected chi connectivity index (χ3v) is 10.0. The van der Waals surface area contributed by atoms with Crippen LogP contribution in [0.4, 0.5) is 0 Å². The lowest BCUT2D eigenvalue weighted by Crippen LogP contribution is -2.49. The molecular weight excluding hydrogens is 304 g/mol. The first-order valence-corrected chi connectivity index (χ1v) is 12.4. The standard InChI is InChI=1S/C19H40O3Si/c1-7-11-12-13-14-19(6,17-18(5)15-16-20-18)21-22-23(8-2,9-3)10-4/h7-17H2,1-6H3. The predicted octanol–water partition coefficient (Wildman–Crippen LogP) is 6.24. The van der Waals surface area contributed by atoms with Gasteiger partial charge in [0.15, 0.2) is 0 Å². The highest BCUT2D eigenvalue weighted by atomic mass is 28.4. The molecular formula is C19H40O3Si. The van der Waals surface area contributed by atoms with Crippen molar-refractivity contribution in [3.63, 3.8) is 0 Å². The van der Waals surface area contributed by atoms with E-state index in [1.165, 1.54) is 25.7 Å². The molecule has 0 aromatic carbocycles. The van der Waals surface area contributed by atoms with E-state index in [9.17, 15) is 0 Å². The van der Waals surface area contributed by atoms with Gasteiger partial charge in [-0.25, -0.2) is 4.89 Å². The number of ether oxygens (including phenoxy) is 1. The topological polar surface area (TPSA) is 27.7 Å². The summed E-state index contributed by atoms with van der Waals surface area (Å²) in [6.45, 7) is 14.3. The number of rotatable bonds is 13. The van der Waals surface area contributed by atoms with Gasteiger partial charge in [0.05, 0.1) is 12.2 Å². The Morgan fingerprint density at radius 2 is 1.65 bits per heavy atom. The van der Waals surface area contributed by atoms with Gasteiger partial charge in [-0.3, -0.25) is 4.58 Å². The van der Waals surface area contributed by atoms with Gasteiger partial charge in [0.1, 0.15) is 5.60 Å². The summed E-state index contributed by atoms with van der Waals surface area (Å²) in [5, 5.41) is 0. The molecule has 0 aromatic heterocycles. The van der Waals surface area contributed by atoms with Crippen LogP contribution in [0.15, 0.2) is 0 Å². The van der Waals surface area contributed by atoms with E-state index < -0.39 is 8.32 Å². The second-order valence-corrected chi connectivity index (χ2v) is 12.6. The number of hydrogen-bond acceptors (Lipinski definition) is 3. The molecule has 2 atom stereocenters. The van der Waals surface area contributed by atoms with Crippen LogP contribution in [-0.4, -0.2) is 26.1 Å². The summed E-state index contributed by atoms with van der Waals surface area (Å²) in [6, 6.07) is 3.37. The lowest BCUT2D eigenvalue weighted by Gasteiger charge is -2.45. The molecule has 0 spiro atoms. The number of hydrogen-bond donors (Lipinski definition) is 0. The second-order valence-electron chi connectivity index (χ2n) is 7.90.